The molecule has 1 aliphatic heterocycles. The van der Waals surface area contributed by atoms with E-state index in [2.05, 4.69) is 4.90 Å². The molecule has 1 atom stereocenters. The third-order valence-corrected chi connectivity index (χ3v) is 3.32. The van der Waals surface area contributed by atoms with Crippen LogP contribution >= 0.6 is 0 Å². The molecular weight excluding hydrogens is 178 g/mol. The average Bonchev–Trinajstić information content (AvgIpc) is 2.20. The highest BCUT2D eigenvalue weighted by Crippen LogP contribution is 2.21. The summed E-state index contributed by atoms with van der Waals surface area (Å²) in [4.78, 5) is 24.9. The van der Waals surface area contributed by atoms with E-state index in [9.17, 15) is 9.59 Å². The van der Waals surface area contributed by atoms with Gasteiger partial charge >= 0.3 is 0 Å². The number of hydrogen-bond acceptors (Lipinski definition) is 3. The lowest BCUT2D eigenvalue weighted by Crippen LogP contribution is -2.46. The van der Waals surface area contributed by atoms with Crippen molar-refractivity contribution in [3.8, 4) is 0 Å². The Labute approximate surface area is 84.5 Å². The normalized spacial score (nSPS) is 30.7. The van der Waals surface area contributed by atoms with Gasteiger partial charge in [0.05, 0.1) is 6.04 Å². The molecule has 0 aromatic heterocycles. The van der Waals surface area contributed by atoms with E-state index in [1.54, 1.807) is 0 Å². The second-order valence-electron chi connectivity index (χ2n) is 4.30. The molecule has 1 heterocycles. The van der Waals surface area contributed by atoms with Crippen LogP contribution in [0.3, 0.4) is 0 Å². The van der Waals surface area contributed by atoms with Gasteiger partial charge in [0.25, 0.3) is 0 Å². The maximum Gasteiger partial charge on any atom is 0.149 e. The maximum atomic E-state index is 11.6. The van der Waals surface area contributed by atoms with E-state index >= 15 is 0 Å². The van der Waals surface area contributed by atoms with E-state index in [1.807, 2.05) is 0 Å². The summed E-state index contributed by atoms with van der Waals surface area (Å²) in [5, 5.41) is 0. The second kappa shape index (κ2) is 4.22. The predicted octanol–water partition coefficient (Wildman–Crippen LogP) is 1.16. The fourth-order valence-electron chi connectivity index (χ4n) is 2.44. The summed E-state index contributed by atoms with van der Waals surface area (Å²) in [6.07, 6.45) is 5.26. The highest BCUT2D eigenvalue weighted by Gasteiger charge is 2.30. The topological polar surface area (TPSA) is 37.4 Å². The fraction of sp³-hybridized carbons (Fsp3) is 0.818. The summed E-state index contributed by atoms with van der Waals surface area (Å²) in [7, 11) is 0. The number of piperidine rings is 1. The minimum absolute atomic E-state index is 0.136. The fourth-order valence-corrected chi connectivity index (χ4v) is 2.44. The maximum absolute atomic E-state index is 11.6. The molecule has 3 nitrogen and oxygen atoms in total. The van der Waals surface area contributed by atoms with Crippen LogP contribution in [0.25, 0.3) is 0 Å². The molecular formula is C11H17NO2. The third kappa shape index (κ3) is 2.03. The quantitative estimate of drug-likeness (QED) is 0.630. The monoisotopic (exact) mass is 195 g/mol. The van der Waals surface area contributed by atoms with Gasteiger partial charge in [-0.1, -0.05) is 6.42 Å². The van der Waals surface area contributed by atoms with Crippen LogP contribution in [0.5, 0.6) is 0 Å². The first-order chi connectivity index (χ1) is 6.77. The van der Waals surface area contributed by atoms with E-state index in [1.165, 1.54) is 6.42 Å². The first-order valence-electron chi connectivity index (χ1n) is 5.56. The van der Waals surface area contributed by atoms with Crippen molar-refractivity contribution in [3.05, 3.63) is 0 Å². The summed E-state index contributed by atoms with van der Waals surface area (Å²) in [6.45, 7) is 1.60. The summed E-state index contributed by atoms with van der Waals surface area (Å²) in [5.74, 6) is 0.745. The van der Waals surface area contributed by atoms with Gasteiger partial charge in [0.1, 0.15) is 11.6 Å². The number of nitrogens with zero attached hydrogens (tertiary/aromatic N) is 1. The van der Waals surface area contributed by atoms with Gasteiger partial charge in [-0.2, -0.15) is 0 Å². The number of rotatable bonds is 1. The molecule has 0 spiro atoms. The Kier molecular flexibility index (Phi) is 2.96. The Balaban J connectivity index is 1.93. The van der Waals surface area contributed by atoms with Crippen LogP contribution in [0.15, 0.2) is 0 Å². The van der Waals surface area contributed by atoms with E-state index in [0.29, 0.717) is 24.4 Å². The van der Waals surface area contributed by atoms with E-state index in [0.717, 1.165) is 32.4 Å². The summed E-state index contributed by atoms with van der Waals surface area (Å²) in [6, 6.07) is 0.136. The number of carbonyl (C=O) groups is 2. The SMILES string of the molecule is O=C1CCN(C2CCCCC2=O)CC1. The molecule has 0 bridgehead atoms. The van der Waals surface area contributed by atoms with E-state index < -0.39 is 0 Å². The number of likely N-dealkylation sites (tertiary alicyclic amines) is 1. The zero-order chi connectivity index (χ0) is 9.97. The molecule has 0 aromatic rings. The van der Waals surface area contributed by atoms with Gasteiger partial charge in [0.15, 0.2) is 0 Å². The molecule has 0 N–H and O–H groups in total. The Morgan fingerprint density at radius 1 is 1.00 bits per heavy atom. The Morgan fingerprint density at radius 2 is 1.71 bits per heavy atom. The summed E-state index contributed by atoms with van der Waals surface area (Å²) in [5.41, 5.74) is 0. The summed E-state index contributed by atoms with van der Waals surface area (Å²) < 4.78 is 0. The molecule has 1 unspecified atom stereocenters. The number of ketones is 2. The first kappa shape index (κ1) is 9.84. The Morgan fingerprint density at radius 3 is 2.36 bits per heavy atom. The largest absolute Gasteiger partial charge is 0.300 e. The summed E-state index contributed by atoms with van der Waals surface area (Å²) >= 11 is 0. The van der Waals surface area contributed by atoms with E-state index in [-0.39, 0.29) is 6.04 Å². The van der Waals surface area contributed by atoms with Crippen molar-refractivity contribution in [2.75, 3.05) is 13.1 Å². The molecule has 14 heavy (non-hydrogen) atoms. The van der Waals surface area contributed by atoms with Crippen LogP contribution in [-0.2, 0) is 9.59 Å². The van der Waals surface area contributed by atoms with Crippen LogP contribution < -0.4 is 0 Å². The molecule has 2 rings (SSSR count). The molecule has 1 aliphatic carbocycles. The van der Waals surface area contributed by atoms with Gasteiger partial charge in [-0.05, 0) is 12.8 Å². The average molecular weight is 195 g/mol. The highest BCUT2D eigenvalue weighted by molar-refractivity contribution is 5.85. The molecule has 78 valence electrons. The van der Waals surface area contributed by atoms with Crippen LogP contribution in [0.2, 0.25) is 0 Å². The van der Waals surface area contributed by atoms with Gasteiger partial charge in [-0.25, -0.2) is 0 Å². The van der Waals surface area contributed by atoms with Crippen LogP contribution in [0, 0.1) is 0 Å². The van der Waals surface area contributed by atoms with Gasteiger partial charge in [-0.15, -0.1) is 0 Å². The zero-order valence-electron chi connectivity index (χ0n) is 8.50. The van der Waals surface area contributed by atoms with Gasteiger partial charge < -0.3 is 0 Å². The van der Waals surface area contributed by atoms with Gasteiger partial charge in [-0.3, -0.25) is 14.5 Å². The lowest BCUT2D eigenvalue weighted by atomic mass is 9.91. The first-order valence-corrected chi connectivity index (χ1v) is 5.56. The van der Waals surface area contributed by atoms with Crippen LogP contribution in [0.4, 0.5) is 0 Å². The molecule has 0 radical (unpaired) electrons. The van der Waals surface area contributed by atoms with Crippen LogP contribution in [0.1, 0.15) is 38.5 Å². The van der Waals surface area contributed by atoms with Crippen molar-refractivity contribution >= 4 is 11.6 Å². The number of Topliss-reactive ketones (excluding diaryl/α,β-unsaturated/α-hetero) is 2. The van der Waals surface area contributed by atoms with Crippen molar-refractivity contribution in [2.24, 2.45) is 0 Å². The zero-order valence-corrected chi connectivity index (χ0v) is 8.50. The molecule has 1 saturated heterocycles. The minimum Gasteiger partial charge on any atom is -0.300 e. The second-order valence-corrected chi connectivity index (χ2v) is 4.30. The van der Waals surface area contributed by atoms with Gasteiger partial charge in [0, 0.05) is 32.4 Å². The molecule has 1 saturated carbocycles. The Bertz CT molecular complexity index is 240. The molecule has 2 aliphatic rings. The lowest BCUT2D eigenvalue weighted by molar-refractivity contribution is -0.130. The highest BCUT2D eigenvalue weighted by atomic mass is 16.1. The third-order valence-electron chi connectivity index (χ3n) is 3.32. The van der Waals surface area contributed by atoms with E-state index in [4.69, 9.17) is 0 Å². The molecule has 2 fully saturated rings. The smallest absolute Gasteiger partial charge is 0.149 e. The van der Waals surface area contributed by atoms with Crippen molar-refractivity contribution in [1.82, 2.24) is 4.90 Å². The van der Waals surface area contributed by atoms with Crippen molar-refractivity contribution < 1.29 is 9.59 Å². The minimum atomic E-state index is 0.136. The molecule has 0 aromatic carbocycles. The number of hydrogen-bond donors (Lipinski definition) is 0. The van der Waals surface area contributed by atoms with Gasteiger partial charge in [0.2, 0.25) is 0 Å². The molecule has 3 heteroatoms. The van der Waals surface area contributed by atoms with Crippen molar-refractivity contribution in [1.29, 1.82) is 0 Å². The van der Waals surface area contributed by atoms with Crippen molar-refractivity contribution in [2.45, 2.75) is 44.6 Å². The standard InChI is InChI=1S/C11H17NO2/c13-9-5-7-12(8-6-9)10-3-1-2-4-11(10)14/h10H,1-8H2. The van der Waals surface area contributed by atoms with Crippen LogP contribution in [-0.4, -0.2) is 35.6 Å². The Hall–Kier alpha value is -0.700. The lowest BCUT2D eigenvalue weighted by Gasteiger charge is -2.35. The van der Waals surface area contributed by atoms with Crippen molar-refractivity contribution in [3.63, 3.8) is 0 Å². The predicted molar refractivity (Wildman–Crippen MR) is 53.1 cm³/mol. The number of carbonyl (C=O) groups excluding carboxylic acids is 2. The molecule has 0 amide bonds.